The van der Waals surface area contributed by atoms with Crippen molar-refractivity contribution < 1.29 is 4.39 Å². The van der Waals surface area contributed by atoms with Gasteiger partial charge in [-0.25, -0.2) is 4.39 Å². The molecule has 0 aliphatic heterocycles. The summed E-state index contributed by atoms with van der Waals surface area (Å²) < 4.78 is 14.7. The average Bonchev–Trinajstić information content (AvgIpc) is 2.71. The number of rotatable bonds is 4. The molecule has 0 saturated carbocycles. The largest absolute Gasteiger partial charge is 0.377 e. The number of benzene rings is 2. The van der Waals surface area contributed by atoms with Crippen LogP contribution in [0, 0.1) is 12.7 Å². The predicted molar refractivity (Wildman–Crippen MR) is 113 cm³/mol. The monoisotopic (exact) mass is 391 g/mol. The second-order valence-electron chi connectivity index (χ2n) is 6.74. The Morgan fingerprint density at radius 3 is 2.68 bits per heavy atom. The van der Waals surface area contributed by atoms with Crippen molar-refractivity contribution >= 4 is 28.2 Å². The summed E-state index contributed by atoms with van der Waals surface area (Å²) in [5.41, 5.74) is 4.98. The highest BCUT2D eigenvalue weighted by atomic mass is 35.5. The lowest BCUT2D eigenvalue weighted by molar-refractivity contribution is 0.600. The van der Waals surface area contributed by atoms with E-state index in [1.54, 1.807) is 18.5 Å². The van der Waals surface area contributed by atoms with Gasteiger partial charge in [0.05, 0.1) is 22.3 Å². The molecule has 0 amide bonds. The van der Waals surface area contributed by atoms with Crippen LogP contribution in [0.5, 0.6) is 0 Å². The summed E-state index contributed by atoms with van der Waals surface area (Å²) in [5, 5.41) is 4.79. The maximum atomic E-state index is 14.7. The summed E-state index contributed by atoms with van der Waals surface area (Å²) in [5.74, 6) is -0.264. The van der Waals surface area contributed by atoms with Gasteiger partial charge in [-0.05, 0) is 43.7 Å². The summed E-state index contributed by atoms with van der Waals surface area (Å²) in [7, 11) is 0. The van der Waals surface area contributed by atoms with E-state index >= 15 is 0 Å². The third-order valence-electron chi connectivity index (χ3n) is 4.87. The van der Waals surface area contributed by atoms with Crippen molar-refractivity contribution in [1.82, 2.24) is 9.97 Å². The van der Waals surface area contributed by atoms with Gasteiger partial charge < -0.3 is 5.32 Å². The van der Waals surface area contributed by atoms with E-state index in [9.17, 15) is 4.39 Å². The van der Waals surface area contributed by atoms with Crippen molar-refractivity contribution in [3.63, 3.8) is 0 Å². The molecule has 0 spiro atoms. The number of hydrogen-bond acceptors (Lipinski definition) is 3. The Balaban J connectivity index is 1.73. The molecule has 1 N–H and O–H groups in total. The third-order valence-corrected chi connectivity index (χ3v) is 5.16. The Kier molecular flexibility index (Phi) is 4.97. The molecule has 2 aromatic heterocycles. The highest BCUT2D eigenvalue weighted by molar-refractivity contribution is 6.34. The zero-order chi connectivity index (χ0) is 19.7. The topological polar surface area (TPSA) is 37.8 Å². The van der Waals surface area contributed by atoms with Gasteiger partial charge in [0.1, 0.15) is 5.82 Å². The van der Waals surface area contributed by atoms with E-state index in [1.165, 1.54) is 6.07 Å². The molecule has 3 nitrogen and oxygen atoms in total. The van der Waals surface area contributed by atoms with Crippen LogP contribution in [0.3, 0.4) is 0 Å². The number of nitrogens with one attached hydrogen (secondary N) is 1. The van der Waals surface area contributed by atoms with E-state index in [2.05, 4.69) is 15.3 Å². The second-order valence-corrected chi connectivity index (χ2v) is 7.14. The molecule has 0 bridgehead atoms. The first-order valence-electron chi connectivity index (χ1n) is 9.06. The van der Waals surface area contributed by atoms with E-state index < -0.39 is 0 Å². The maximum absolute atomic E-state index is 14.7. The highest BCUT2D eigenvalue weighted by Crippen LogP contribution is 2.34. The number of halogens is 2. The first-order valence-corrected chi connectivity index (χ1v) is 9.43. The standard InChI is InChI=1S/C23H19ClFN3/c1-14-17(7-5-11-26-14)16-9-10-21(25)19(12-16)15(2)28-23-18-6-3-4-8-22(18)27-13-20(23)24/h3-13,15H,1-2H3,(H,27,28)/t15-/m1/s1. The molecule has 0 radical (unpaired) electrons. The van der Waals surface area contributed by atoms with E-state index in [-0.39, 0.29) is 11.9 Å². The van der Waals surface area contributed by atoms with E-state index in [4.69, 9.17) is 11.6 Å². The van der Waals surface area contributed by atoms with Crippen LogP contribution in [0.2, 0.25) is 5.02 Å². The SMILES string of the molecule is Cc1ncccc1-c1ccc(F)c([C@@H](C)Nc2c(Cl)cnc3ccccc23)c1. The average molecular weight is 392 g/mol. The number of aryl methyl sites for hydroxylation is 1. The smallest absolute Gasteiger partial charge is 0.128 e. The maximum Gasteiger partial charge on any atom is 0.128 e. The number of hydrogen-bond donors (Lipinski definition) is 1. The Bertz CT molecular complexity index is 1160. The summed E-state index contributed by atoms with van der Waals surface area (Å²) >= 11 is 6.40. The molecule has 1 atom stereocenters. The van der Waals surface area contributed by atoms with E-state index in [0.717, 1.165) is 33.4 Å². The van der Waals surface area contributed by atoms with Crippen LogP contribution in [0.1, 0.15) is 24.2 Å². The first kappa shape index (κ1) is 18.4. The van der Waals surface area contributed by atoms with Crippen LogP contribution in [-0.2, 0) is 0 Å². The van der Waals surface area contributed by atoms with Crippen LogP contribution < -0.4 is 5.32 Å². The fourth-order valence-electron chi connectivity index (χ4n) is 3.39. The molecule has 0 aliphatic carbocycles. The number of aromatic nitrogens is 2. The Labute approximate surface area is 168 Å². The summed E-state index contributed by atoms with van der Waals surface area (Å²) in [4.78, 5) is 8.68. The Hall–Kier alpha value is -2.98. The number of anilines is 1. The molecule has 2 aromatic carbocycles. The normalized spacial score (nSPS) is 12.1. The molecule has 4 aromatic rings. The van der Waals surface area contributed by atoms with Gasteiger partial charge in [-0.15, -0.1) is 0 Å². The van der Waals surface area contributed by atoms with Crippen LogP contribution in [-0.4, -0.2) is 9.97 Å². The van der Waals surface area contributed by atoms with Crippen molar-refractivity contribution in [3.05, 3.63) is 89.1 Å². The number of pyridine rings is 2. The van der Waals surface area contributed by atoms with Gasteiger partial charge in [0.25, 0.3) is 0 Å². The van der Waals surface area contributed by atoms with E-state index in [1.807, 2.05) is 56.3 Å². The molecule has 4 rings (SSSR count). The third kappa shape index (κ3) is 3.43. The van der Waals surface area contributed by atoms with Gasteiger partial charge in [0.2, 0.25) is 0 Å². The second kappa shape index (κ2) is 7.56. The Morgan fingerprint density at radius 2 is 1.86 bits per heavy atom. The molecule has 0 unspecified atom stereocenters. The minimum Gasteiger partial charge on any atom is -0.377 e. The van der Waals surface area contributed by atoms with Crippen LogP contribution in [0.4, 0.5) is 10.1 Å². The van der Waals surface area contributed by atoms with Crippen molar-refractivity contribution in [2.75, 3.05) is 5.32 Å². The van der Waals surface area contributed by atoms with Gasteiger partial charge in [0.15, 0.2) is 0 Å². The fourth-order valence-corrected chi connectivity index (χ4v) is 3.60. The van der Waals surface area contributed by atoms with Crippen LogP contribution in [0.25, 0.3) is 22.0 Å². The fraction of sp³-hybridized carbons (Fsp3) is 0.130. The zero-order valence-corrected chi connectivity index (χ0v) is 16.3. The van der Waals surface area contributed by atoms with E-state index in [0.29, 0.717) is 10.6 Å². The number of nitrogens with zero attached hydrogens (tertiary/aromatic N) is 2. The first-order chi connectivity index (χ1) is 13.5. The molecule has 2 heterocycles. The highest BCUT2D eigenvalue weighted by Gasteiger charge is 2.16. The van der Waals surface area contributed by atoms with Crippen molar-refractivity contribution in [1.29, 1.82) is 0 Å². The molecular formula is C23H19ClFN3. The molecule has 0 aliphatic rings. The molecule has 0 saturated heterocycles. The molecule has 0 fully saturated rings. The minimum atomic E-state index is -0.291. The predicted octanol–water partition coefficient (Wildman–Crippen LogP) is 6.57. The molecule has 28 heavy (non-hydrogen) atoms. The van der Waals surface area contributed by atoms with Gasteiger partial charge >= 0.3 is 0 Å². The quantitative estimate of drug-likeness (QED) is 0.427. The van der Waals surface area contributed by atoms with Crippen molar-refractivity contribution in [2.24, 2.45) is 0 Å². The summed E-state index contributed by atoms with van der Waals surface area (Å²) in [6, 6.07) is 16.5. The summed E-state index contributed by atoms with van der Waals surface area (Å²) in [6.45, 7) is 3.87. The lowest BCUT2D eigenvalue weighted by Crippen LogP contribution is -2.10. The lowest BCUT2D eigenvalue weighted by Gasteiger charge is -2.20. The molecule has 140 valence electrons. The van der Waals surface area contributed by atoms with Crippen molar-refractivity contribution in [3.8, 4) is 11.1 Å². The zero-order valence-electron chi connectivity index (χ0n) is 15.6. The lowest BCUT2D eigenvalue weighted by atomic mass is 9.98. The summed E-state index contributed by atoms with van der Waals surface area (Å²) in [6.07, 6.45) is 3.37. The number of fused-ring (bicyclic) bond motifs is 1. The molecular weight excluding hydrogens is 373 g/mol. The minimum absolute atomic E-state index is 0.264. The van der Waals surface area contributed by atoms with Crippen molar-refractivity contribution in [2.45, 2.75) is 19.9 Å². The molecule has 5 heteroatoms. The van der Waals surface area contributed by atoms with Gasteiger partial charge in [-0.3, -0.25) is 9.97 Å². The van der Waals surface area contributed by atoms with Gasteiger partial charge in [-0.1, -0.05) is 41.9 Å². The van der Waals surface area contributed by atoms with Gasteiger partial charge in [-0.2, -0.15) is 0 Å². The van der Waals surface area contributed by atoms with Gasteiger partial charge in [0, 0.05) is 34.6 Å². The van der Waals surface area contributed by atoms with Crippen LogP contribution in [0.15, 0.2) is 67.0 Å². The Morgan fingerprint density at radius 1 is 1.04 bits per heavy atom. The van der Waals surface area contributed by atoms with Crippen LogP contribution >= 0.6 is 11.6 Å². The number of para-hydroxylation sites is 1.